The van der Waals surface area contributed by atoms with Gasteiger partial charge in [0.05, 0.1) is 18.0 Å². The second-order valence-electron chi connectivity index (χ2n) is 7.02. The Balaban J connectivity index is 1.70. The fourth-order valence-corrected chi connectivity index (χ4v) is 3.81. The predicted molar refractivity (Wildman–Crippen MR) is 118 cm³/mol. The van der Waals surface area contributed by atoms with Gasteiger partial charge >= 0.3 is 0 Å². The van der Waals surface area contributed by atoms with Crippen molar-refractivity contribution in [3.63, 3.8) is 0 Å². The van der Waals surface area contributed by atoms with E-state index in [1.165, 1.54) is 12.1 Å². The molecule has 0 heterocycles. The predicted octanol–water partition coefficient (Wildman–Crippen LogP) is 4.26. The van der Waals surface area contributed by atoms with Crippen molar-refractivity contribution in [2.75, 3.05) is 17.1 Å². The molecule has 1 atom stereocenters. The number of para-hydroxylation sites is 1. The number of amides is 1. The number of ether oxygens (including phenoxy) is 1. The van der Waals surface area contributed by atoms with Crippen LogP contribution in [0.15, 0.2) is 78.9 Å². The van der Waals surface area contributed by atoms with Gasteiger partial charge in [0.2, 0.25) is 15.9 Å². The molecule has 0 saturated carbocycles. The lowest BCUT2D eigenvalue weighted by atomic mass is 10.1. The molecule has 0 aromatic heterocycles. The van der Waals surface area contributed by atoms with Gasteiger partial charge in [-0.2, -0.15) is 0 Å². The molecule has 162 valence electrons. The lowest BCUT2D eigenvalue weighted by Crippen LogP contribution is -2.41. The highest BCUT2D eigenvalue weighted by Crippen LogP contribution is 2.25. The summed E-state index contributed by atoms with van der Waals surface area (Å²) in [5.74, 6) is 0.347. The van der Waals surface area contributed by atoms with E-state index >= 15 is 0 Å². The van der Waals surface area contributed by atoms with Gasteiger partial charge in [-0.1, -0.05) is 30.3 Å². The van der Waals surface area contributed by atoms with Crippen LogP contribution in [0.25, 0.3) is 0 Å². The van der Waals surface area contributed by atoms with Crippen LogP contribution in [0, 0.1) is 5.82 Å². The summed E-state index contributed by atoms with van der Waals surface area (Å²) in [6.07, 6.45) is 1.04. The van der Waals surface area contributed by atoms with E-state index in [4.69, 9.17) is 4.74 Å². The second-order valence-corrected chi connectivity index (χ2v) is 8.93. The van der Waals surface area contributed by atoms with E-state index < -0.39 is 22.0 Å². The third-order valence-corrected chi connectivity index (χ3v) is 5.68. The maximum Gasteiger partial charge on any atom is 0.241 e. The summed E-state index contributed by atoms with van der Waals surface area (Å²) in [6, 6.07) is 21.0. The molecule has 1 N–H and O–H groups in total. The Morgan fingerprint density at radius 2 is 1.55 bits per heavy atom. The molecule has 0 radical (unpaired) electrons. The number of anilines is 1. The third kappa shape index (κ3) is 6.29. The molecular formula is C23H23FN2O4S. The van der Waals surface area contributed by atoms with E-state index in [9.17, 15) is 17.6 Å². The molecule has 8 heteroatoms. The molecule has 0 aliphatic carbocycles. The Morgan fingerprint density at radius 3 is 2.13 bits per heavy atom. The molecule has 3 rings (SSSR count). The van der Waals surface area contributed by atoms with Crippen molar-refractivity contribution in [1.29, 1.82) is 0 Å². The smallest absolute Gasteiger partial charge is 0.241 e. The minimum Gasteiger partial charge on any atom is -0.457 e. The first-order chi connectivity index (χ1) is 14.7. The number of hydrogen-bond acceptors (Lipinski definition) is 4. The van der Waals surface area contributed by atoms with Crippen molar-refractivity contribution >= 4 is 21.6 Å². The Morgan fingerprint density at radius 1 is 0.968 bits per heavy atom. The number of carbonyl (C=O) groups is 1. The van der Waals surface area contributed by atoms with E-state index in [-0.39, 0.29) is 12.4 Å². The van der Waals surface area contributed by atoms with Crippen LogP contribution in [0.1, 0.15) is 18.5 Å². The van der Waals surface area contributed by atoms with Crippen molar-refractivity contribution in [2.45, 2.75) is 13.0 Å². The molecule has 1 amide bonds. The first-order valence-electron chi connectivity index (χ1n) is 9.58. The second kappa shape index (κ2) is 9.61. The number of sulfonamides is 1. The average Bonchev–Trinajstić information content (AvgIpc) is 2.73. The van der Waals surface area contributed by atoms with E-state index in [1.54, 1.807) is 43.3 Å². The van der Waals surface area contributed by atoms with Crippen molar-refractivity contribution in [1.82, 2.24) is 5.32 Å². The van der Waals surface area contributed by atoms with Crippen LogP contribution in [0.5, 0.6) is 11.5 Å². The monoisotopic (exact) mass is 442 g/mol. The van der Waals surface area contributed by atoms with Gasteiger partial charge in [-0.05, 0) is 61.0 Å². The van der Waals surface area contributed by atoms with Gasteiger partial charge in [0, 0.05) is 0 Å². The molecule has 0 aliphatic rings. The Bertz CT molecular complexity index is 1120. The van der Waals surface area contributed by atoms with Crippen LogP contribution >= 0.6 is 0 Å². The average molecular weight is 443 g/mol. The van der Waals surface area contributed by atoms with Crippen molar-refractivity contribution < 1.29 is 22.3 Å². The first kappa shape index (κ1) is 22.3. The van der Waals surface area contributed by atoms with Gasteiger partial charge in [0.15, 0.2) is 0 Å². The number of nitrogens with one attached hydrogen (secondary N) is 1. The zero-order chi connectivity index (χ0) is 22.4. The molecule has 0 fully saturated rings. The first-order valence-corrected chi connectivity index (χ1v) is 11.4. The molecule has 0 aliphatic heterocycles. The largest absolute Gasteiger partial charge is 0.457 e. The quantitative estimate of drug-likeness (QED) is 0.566. The molecule has 3 aromatic carbocycles. The summed E-state index contributed by atoms with van der Waals surface area (Å²) in [6.45, 7) is 1.36. The van der Waals surface area contributed by atoms with Gasteiger partial charge < -0.3 is 10.1 Å². The zero-order valence-corrected chi connectivity index (χ0v) is 18.0. The Labute approximate surface area is 181 Å². The molecule has 0 saturated heterocycles. The Kier molecular flexibility index (Phi) is 6.91. The number of benzene rings is 3. The Hall–Kier alpha value is -3.39. The van der Waals surface area contributed by atoms with Gasteiger partial charge in [-0.3, -0.25) is 9.10 Å². The number of nitrogens with zero attached hydrogens (tertiary/aromatic N) is 1. The van der Waals surface area contributed by atoms with Crippen molar-refractivity contribution in [3.05, 3.63) is 90.2 Å². The maximum absolute atomic E-state index is 13.1. The molecule has 6 nitrogen and oxygen atoms in total. The van der Waals surface area contributed by atoms with Crippen molar-refractivity contribution in [2.24, 2.45) is 0 Å². The lowest BCUT2D eigenvalue weighted by Gasteiger charge is -2.23. The number of hydrogen-bond donors (Lipinski definition) is 1. The van der Waals surface area contributed by atoms with Gasteiger partial charge in [-0.15, -0.1) is 0 Å². The van der Waals surface area contributed by atoms with Crippen LogP contribution in [0.3, 0.4) is 0 Å². The SMILES string of the molecule is C[C@@H](NC(=O)CN(c1ccc(Oc2ccccc2)cc1)S(C)(=O)=O)c1ccc(F)cc1. The van der Waals surface area contributed by atoms with Gasteiger partial charge in [0.1, 0.15) is 23.9 Å². The fourth-order valence-electron chi connectivity index (χ4n) is 2.96. The molecule has 31 heavy (non-hydrogen) atoms. The molecule has 0 unspecified atom stereocenters. The summed E-state index contributed by atoms with van der Waals surface area (Å²) in [5, 5.41) is 2.74. The summed E-state index contributed by atoms with van der Waals surface area (Å²) < 4.78 is 44.4. The van der Waals surface area contributed by atoms with Gasteiger partial charge in [-0.25, -0.2) is 12.8 Å². The third-order valence-electron chi connectivity index (χ3n) is 4.54. The zero-order valence-electron chi connectivity index (χ0n) is 17.2. The van der Waals surface area contributed by atoms with Crippen LogP contribution in [0.4, 0.5) is 10.1 Å². The van der Waals surface area contributed by atoms with Crippen LogP contribution < -0.4 is 14.4 Å². The topological polar surface area (TPSA) is 75.7 Å². The highest BCUT2D eigenvalue weighted by Gasteiger charge is 2.22. The minimum atomic E-state index is -3.71. The van der Waals surface area contributed by atoms with Crippen molar-refractivity contribution in [3.8, 4) is 11.5 Å². The molecule has 0 spiro atoms. The lowest BCUT2D eigenvalue weighted by molar-refractivity contribution is -0.120. The summed E-state index contributed by atoms with van der Waals surface area (Å²) >= 11 is 0. The van der Waals surface area contributed by atoms with E-state index in [2.05, 4.69) is 5.32 Å². The molecule has 3 aromatic rings. The van der Waals surface area contributed by atoms with Gasteiger partial charge in [0.25, 0.3) is 0 Å². The summed E-state index contributed by atoms with van der Waals surface area (Å²) in [7, 11) is -3.71. The molecular weight excluding hydrogens is 419 g/mol. The summed E-state index contributed by atoms with van der Waals surface area (Å²) in [4.78, 5) is 12.5. The molecule has 0 bridgehead atoms. The maximum atomic E-state index is 13.1. The number of halogens is 1. The summed E-state index contributed by atoms with van der Waals surface area (Å²) in [5.41, 5.74) is 1.05. The van der Waals surface area contributed by atoms with E-state index in [0.29, 0.717) is 22.7 Å². The van der Waals surface area contributed by atoms with Crippen LogP contribution in [0.2, 0.25) is 0 Å². The normalized spacial score (nSPS) is 12.1. The van der Waals surface area contributed by atoms with E-state index in [1.807, 2.05) is 30.3 Å². The standard InChI is InChI=1S/C23H23FN2O4S/c1-17(18-8-10-19(24)11-9-18)25-23(27)16-26(31(2,28)29)20-12-14-22(15-13-20)30-21-6-4-3-5-7-21/h3-15,17H,16H2,1-2H3,(H,25,27)/t17-/m1/s1. The fraction of sp³-hybridized carbons (Fsp3) is 0.174. The van der Waals surface area contributed by atoms with Crippen LogP contribution in [-0.4, -0.2) is 27.1 Å². The number of rotatable bonds is 8. The highest BCUT2D eigenvalue weighted by molar-refractivity contribution is 7.92. The van der Waals surface area contributed by atoms with E-state index in [0.717, 1.165) is 10.6 Å². The van der Waals surface area contributed by atoms with Crippen LogP contribution in [-0.2, 0) is 14.8 Å². The highest BCUT2D eigenvalue weighted by atomic mass is 32.2. The minimum absolute atomic E-state index is 0.340. The number of carbonyl (C=O) groups excluding carboxylic acids is 1.